The number of rotatable bonds is 34. The van der Waals surface area contributed by atoms with Gasteiger partial charge < -0.3 is 70.7 Å². The standard InChI is InChI=1S/C48H67F2N7O14/c1-48(2,3)45(39-25-33(35-26-34(49)9-10-36(35)50)30-56(39)29-32-7-5-4-6-8-32)57(43(62)31-58)16-13-37(51)46(65)55-38(47(66)67)27-53-41(60)14-17-68-19-21-70-23-24-71-22-20-69-18-15-52-42(61)28-54-40(59)11-12-44(63)64/h4-10,25-26,30,37-38,45,58H,11-24,27-29,31,51H2,1-3H3,(H,52,61)(H,53,60)(H,54,59)(H,55,65)(H,63,64)(H,66,67)/t37-,38+,45-/m0/s1. The molecule has 3 rings (SSSR count). The number of hydrogen-bond acceptors (Lipinski definition) is 13. The molecule has 0 saturated heterocycles. The number of ether oxygens (including phenoxy) is 4. The van der Waals surface area contributed by atoms with Crippen molar-refractivity contribution in [3.63, 3.8) is 0 Å². The summed E-state index contributed by atoms with van der Waals surface area (Å²) in [5.41, 5.74) is 7.28. The first-order chi connectivity index (χ1) is 33.8. The Morgan fingerprint density at radius 2 is 1.38 bits per heavy atom. The molecule has 392 valence electrons. The molecule has 0 saturated carbocycles. The number of nitrogens with two attached hydrogens (primary N) is 1. The van der Waals surface area contributed by atoms with Gasteiger partial charge >= 0.3 is 11.9 Å². The van der Waals surface area contributed by atoms with Crippen molar-refractivity contribution in [2.45, 2.75) is 71.1 Å². The molecule has 0 spiro atoms. The highest BCUT2D eigenvalue weighted by Crippen LogP contribution is 2.41. The van der Waals surface area contributed by atoms with Crippen LogP contribution in [0.2, 0.25) is 0 Å². The highest BCUT2D eigenvalue weighted by Gasteiger charge is 2.38. The van der Waals surface area contributed by atoms with Crippen molar-refractivity contribution in [2.24, 2.45) is 11.1 Å². The lowest BCUT2D eigenvalue weighted by atomic mass is 9.82. The minimum atomic E-state index is -1.55. The Kier molecular flexibility index (Phi) is 25.8. The highest BCUT2D eigenvalue weighted by molar-refractivity contribution is 5.88. The average molecular weight is 1000 g/mol. The summed E-state index contributed by atoms with van der Waals surface area (Å²) >= 11 is 0. The van der Waals surface area contributed by atoms with Crippen LogP contribution in [0.4, 0.5) is 8.78 Å². The van der Waals surface area contributed by atoms with E-state index in [0.29, 0.717) is 17.8 Å². The Bertz CT molecular complexity index is 2190. The van der Waals surface area contributed by atoms with Gasteiger partial charge in [-0.3, -0.25) is 28.8 Å². The molecule has 71 heavy (non-hydrogen) atoms. The Labute approximate surface area is 410 Å². The fraction of sp³-hybridized carbons (Fsp3) is 0.521. The fourth-order valence-corrected chi connectivity index (χ4v) is 7.03. The SMILES string of the molecule is CC(C)(C)[C@H](c1cc(-c2cc(F)ccc2F)cn1Cc1ccccc1)N(CC[C@H](N)C(=O)N[C@H](CNC(=O)CCOCCOCCOCCOCCNC(=O)CNC(=O)CCC(=O)O)C(=O)O)C(=O)CO. The van der Waals surface area contributed by atoms with Gasteiger partial charge in [0.25, 0.3) is 0 Å². The number of halogens is 2. The number of carboxylic acids is 2. The molecule has 0 bridgehead atoms. The van der Waals surface area contributed by atoms with Crippen molar-refractivity contribution >= 4 is 41.5 Å². The third kappa shape index (κ3) is 22.1. The Hall–Kier alpha value is -6.37. The van der Waals surface area contributed by atoms with Gasteiger partial charge in [0, 0.05) is 62.0 Å². The largest absolute Gasteiger partial charge is 0.481 e. The van der Waals surface area contributed by atoms with Crippen molar-refractivity contribution in [1.29, 1.82) is 0 Å². The second-order valence-electron chi connectivity index (χ2n) is 17.2. The summed E-state index contributed by atoms with van der Waals surface area (Å²) in [6.07, 6.45) is 0.839. The first-order valence-electron chi connectivity index (χ1n) is 23.0. The van der Waals surface area contributed by atoms with E-state index in [2.05, 4.69) is 21.3 Å². The van der Waals surface area contributed by atoms with E-state index in [1.54, 1.807) is 12.3 Å². The van der Waals surface area contributed by atoms with Crippen molar-refractivity contribution < 1.29 is 76.6 Å². The number of nitrogens with zero attached hydrogens (tertiary/aromatic N) is 2. The van der Waals surface area contributed by atoms with Crippen LogP contribution in [-0.2, 0) is 59.1 Å². The van der Waals surface area contributed by atoms with Gasteiger partial charge in [0.15, 0.2) is 0 Å². The normalized spacial score (nSPS) is 12.6. The molecule has 0 unspecified atom stereocenters. The monoisotopic (exact) mass is 1000 g/mol. The van der Waals surface area contributed by atoms with Gasteiger partial charge in [0.05, 0.1) is 77.9 Å². The topological polar surface area (TPSA) is 299 Å². The molecule has 0 aliphatic rings. The van der Waals surface area contributed by atoms with Crippen LogP contribution in [0.5, 0.6) is 0 Å². The number of carboxylic acid groups (broad SMARTS) is 2. The highest BCUT2D eigenvalue weighted by atomic mass is 19.1. The number of carbonyl (C=O) groups excluding carboxylic acids is 5. The lowest BCUT2D eigenvalue weighted by Gasteiger charge is -2.41. The van der Waals surface area contributed by atoms with Crippen LogP contribution in [0, 0.1) is 17.0 Å². The minimum Gasteiger partial charge on any atom is -0.481 e. The fourth-order valence-electron chi connectivity index (χ4n) is 7.03. The van der Waals surface area contributed by atoms with Crippen LogP contribution in [-0.4, -0.2) is 164 Å². The van der Waals surface area contributed by atoms with Crippen LogP contribution >= 0.6 is 0 Å². The second kappa shape index (κ2) is 31.1. The molecular weight excluding hydrogens is 937 g/mol. The third-order valence-corrected chi connectivity index (χ3v) is 10.5. The van der Waals surface area contributed by atoms with Crippen LogP contribution < -0.4 is 27.0 Å². The summed E-state index contributed by atoms with van der Waals surface area (Å²) in [6.45, 7) is 5.91. The zero-order valence-corrected chi connectivity index (χ0v) is 40.3. The molecule has 0 fully saturated rings. The van der Waals surface area contributed by atoms with Crippen molar-refractivity contribution in [2.75, 3.05) is 85.6 Å². The number of aliphatic hydroxyl groups is 1. The molecular formula is C48H67F2N7O14. The summed E-state index contributed by atoms with van der Waals surface area (Å²) in [5, 5.41) is 38.2. The number of nitrogens with one attached hydrogen (secondary N) is 4. The van der Waals surface area contributed by atoms with Gasteiger partial charge in [0.1, 0.15) is 24.3 Å². The maximum absolute atomic E-state index is 15.1. The number of aliphatic hydroxyl groups excluding tert-OH is 1. The number of aliphatic carboxylic acids is 2. The molecule has 0 radical (unpaired) electrons. The Morgan fingerprint density at radius 3 is 1.99 bits per heavy atom. The third-order valence-electron chi connectivity index (χ3n) is 10.5. The van der Waals surface area contributed by atoms with Crippen molar-refractivity contribution in [3.8, 4) is 11.1 Å². The number of hydrogen-bond donors (Lipinski definition) is 8. The van der Waals surface area contributed by atoms with E-state index in [-0.39, 0.29) is 104 Å². The van der Waals surface area contributed by atoms with E-state index in [0.717, 1.165) is 23.8 Å². The summed E-state index contributed by atoms with van der Waals surface area (Å²) < 4.78 is 52.9. The maximum atomic E-state index is 15.1. The van der Waals surface area contributed by atoms with E-state index in [1.807, 2.05) is 55.7 Å². The van der Waals surface area contributed by atoms with E-state index in [4.69, 9.17) is 29.8 Å². The maximum Gasteiger partial charge on any atom is 0.328 e. The molecule has 0 aliphatic carbocycles. The van der Waals surface area contributed by atoms with Crippen molar-refractivity contribution in [3.05, 3.63) is 83.7 Å². The minimum absolute atomic E-state index is 0.00149. The first kappa shape index (κ1) is 58.9. The molecule has 1 heterocycles. The van der Waals surface area contributed by atoms with Crippen LogP contribution in [0.15, 0.2) is 60.8 Å². The predicted octanol–water partition coefficient (Wildman–Crippen LogP) is 1.35. The zero-order valence-electron chi connectivity index (χ0n) is 40.3. The zero-order chi connectivity index (χ0) is 52.3. The second-order valence-corrected chi connectivity index (χ2v) is 17.2. The summed E-state index contributed by atoms with van der Waals surface area (Å²) in [4.78, 5) is 86.3. The number of amides is 5. The van der Waals surface area contributed by atoms with E-state index in [9.17, 15) is 48.2 Å². The van der Waals surface area contributed by atoms with Crippen LogP contribution in [0.1, 0.15) is 63.8 Å². The lowest BCUT2D eigenvalue weighted by molar-refractivity contribution is -0.142. The summed E-state index contributed by atoms with van der Waals surface area (Å²) in [5.74, 6) is -6.93. The Morgan fingerprint density at radius 1 is 0.761 bits per heavy atom. The van der Waals surface area contributed by atoms with Gasteiger partial charge in [-0.05, 0) is 41.7 Å². The van der Waals surface area contributed by atoms with Crippen LogP contribution in [0.3, 0.4) is 0 Å². The molecule has 0 aliphatic heterocycles. The van der Waals surface area contributed by atoms with E-state index < -0.39 is 89.8 Å². The van der Waals surface area contributed by atoms with Gasteiger partial charge in [0.2, 0.25) is 29.5 Å². The van der Waals surface area contributed by atoms with Gasteiger partial charge in [-0.25, -0.2) is 13.6 Å². The first-order valence-corrected chi connectivity index (χ1v) is 23.0. The van der Waals surface area contributed by atoms with Gasteiger partial charge in [-0.1, -0.05) is 51.1 Å². The molecule has 21 nitrogen and oxygen atoms in total. The van der Waals surface area contributed by atoms with Gasteiger partial charge in [-0.2, -0.15) is 0 Å². The molecule has 3 aromatic rings. The number of benzene rings is 2. The van der Waals surface area contributed by atoms with E-state index >= 15 is 4.39 Å². The lowest BCUT2D eigenvalue weighted by Crippen LogP contribution is -2.53. The summed E-state index contributed by atoms with van der Waals surface area (Å²) in [7, 11) is 0. The molecule has 5 amide bonds. The molecule has 1 aromatic heterocycles. The molecule has 3 atom stereocenters. The van der Waals surface area contributed by atoms with Crippen LogP contribution in [0.25, 0.3) is 11.1 Å². The number of carbonyl (C=O) groups is 7. The average Bonchev–Trinajstić information content (AvgIpc) is 3.73. The smallest absolute Gasteiger partial charge is 0.328 e. The molecule has 9 N–H and O–H groups in total. The van der Waals surface area contributed by atoms with Crippen molar-refractivity contribution in [1.82, 2.24) is 30.7 Å². The Balaban J connectivity index is 1.40. The molecule has 23 heteroatoms. The summed E-state index contributed by atoms with van der Waals surface area (Å²) in [6, 6.07) is 10.4. The quantitative estimate of drug-likeness (QED) is 0.0392. The van der Waals surface area contributed by atoms with E-state index in [1.165, 1.54) is 4.90 Å². The number of aromatic nitrogens is 1. The predicted molar refractivity (Wildman–Crippen MR) is 252 cm³/mol. The molecule has 2 aromatic carbocycles. The van der Waals surface area contributed by atoms with Gasteiger partial charge in [-0.15, -0.1) is 0 Å².